The number of nitrogen functional groups attached to an aromatic ring is 1. The maximum absolute atomic E-state index is 5.32. The third kappa shape index (κ3) is 1.39. The number of aromatic nitrogens is 3. The summed E-state index contributed by atoms with van der Waals surface area (Å²) in [6, 6.07) is 0.556. The van der Waals surface area contributed by atoms with Crippen molar-refractivity contribution in [2.45, 2.75) is 38.1 Å². The molecule has 0 aromatic carbocycles. The molecule has 1 aliphatic rings. The van der Waals surface area contributed by atoms with E-state index < -0.39 is 0 Å². The van der Waals surface area contributed by atoms with Crippen molar-refractivity contribution >= 4 is 6.01 Å². The molecule has 5 nitrogen and oxygen atoms in total. The largest absolute Gasteiger partial charge is 0.386 e. The molecule has 0 amide bonds. The Morgan fingerprint density at radius 1 is 1.33 bits per heavy atom. The van der Waals surface area contributed by atoms with Crippen LogP contribution in [0.3, 0.4) is 0 Å². The summed E-state index contributed by atoms with van der Waals surface area (Å²) < 4.78 is 4.70. The lowest BCUT2D eigenvalue weighted by atomic mass is 9.96. The first-order valence-corrected chi connectivity index (χ1v) is 4.37. The lowest BCUT2D eigenvalue weighted by Crippen LogP contribution is -2.45. The average Bonchev–Trinajstić information content (AvgIpc) is 2.54. The lowest BCUT2D eigenvalue weighted by Gasteiger charge is -2.11. The minimum absolute atomic E-state index is 0.153. The summed E-state index contributed by atoms with van der Waals surface area (Å²) in [5.74, 6) is 0. The molecule has 0 atom stereocenters. The average molecular weight is 169 g/mol. The minimum Gasteiger partial charge on any atom is -0.346 e. The number of nitrogens with two attached hydrogens (primary N) is 1. The predicted octanol–water partition coefficient (Wildman–Crippen LogP) is 0.444. The monoisotopic (exact) mass is 169 g/mol. The molecule has 1 heterocycles. The number of hydrogen-bond acceptors (Lipinski definition) is 4. The quantitative estimate of drug-likeness (QED) is 0.619. The van der Waals surface area contributed by atoms with E-state index in [-0.39, 0.29) is 6.01 Å². The summed E-state index contributed by atoms with van der Waals surface area (Å²) in [4.78, 5) is 1.61. The van der Waals surface area contributed by atoms with E-state index in [0.717, 1.165) is 12.8 Å². The first-order chi connectivity index (χ1) is 5.86. The van der Waals surface area contributed by atoms with Gasteiger partial charge in [-0.05, 0) is 12.8 Å². The second-order valence-electron chi connectivity index (χ2n) is 3.22. The zero-order valence-corrected chi connectivity index (χ0v) is 6.94. The molecular weight excluding hydrogens is 156 g/mol. The second kappa shape index (κ2) is 3.08. The van der Waals surface area contributed by atoms with Crippen molar-refractivity contribution in [1.29, 1.82) is 0 Å². The highest BCUT2D eigenvalue weighted by molar-refractivity contribution is 4.98. The first kappa shape index (κ1) is 7.52. The van der Waals surface area contributed by atoms with Crippen LogP contribution in [0.1, 0.15) is 38.1 Å². The molecule has 1 aliphatic carbocycles. The third-order valence-electron chi connectivity index (χ3n) is 2.32. The van der Waals surface area contributed by atoms with Gasteiger partial charge in [-0.3, -0.25) is 4.52 Å². The summed E-state index contributed by atoms with van der Waals surface area (Å²) in [5.41, 5.74) is 5.32. The van der Waals surface area contributed by atoms with E-state index in [0.29, 0.717) is 6.04 Å². The molecule has 12 heavy (non-hydrogen) atoms. The van der Waals surface area contributed by atoms with Crippen molar-refractivity contribution in [2.24, 2.45) is 0 Å². The summed E-state index contributed by atoms with van der Waals surface area (Å²) in [6.07, 6.45) is 6.12. The molecule has 2 N–H and O–H groups in total. The number of rotatable bonds is 1. The van der Waals surface area contributed by atoms with Gasteiger partial charge in [-0.2, -0.15) is 0 Å². The van der Waals surface area contributed by atoms with Crippen LogP contribution in [-0.2, 0) is 0 Å². The normalized spacial score (nSPS) is 19.7. The van der Waals surface area contributed by atoms with Crippen molar-refractivity contribution in [3.05, 3.63) is 0 Å². The van der Waals surface area contributed by atoms with Gasteiger partial charge in [0.15, 0.2) is 0 Å². The number of hydrogen-bond donors (Lipinski definition) is 1. The molecule has 2 rings (SSSR count). The van der Waals surface area contributed by atoms with Crippen molar-refractivity contribution in [3.63, 3.8) is 0 Å². The van der Waals surface area contributed by atoms with Gasteiger partial charge < -0.3 is 5.73 Å². The van der Waals surface area contributed by atoms with E-state index in [2.05, 4.69) is 10.4 Å². The molecule has 0 unspecified atom stereocenters. The molecule has 1 aromatic rings. The maximum Gasteiger partial charge on any atom is 0.386 e. The molecule has 1 fully saturated rings. The van der Waals surface area contributed by atoms with Crippen LogP contribution >= 0.6 is 0 Å². The van der Waals surface area contributed by atoms with Crippen LogP contribution in [0, 0.1) is 0 Å². The van der Waals surface area contributed by atoms with Crippen LogP contribution in [0.25, 0.3) is 0 Å². The lowest BCUT2D eigenvalue weighted by molar-refractivity contribution is -0.834. The Labute approximate surface area is 70.5 Å². The fourth-order valence-electron chi connectivity index (χ4n) is 1.68. The summed E-state index contributed by atoms with van der Waals surface area (Å²) >= 11 is 0. The van der Waals surface area contributed by atoms with E-state index in [4.69, 9.17) is 10.3 Å². The van der Waals surface area contributed by atoms with Gasteiger partial charge in [-0.15, -0.1) is 0 Å². The Kier molecular flexibility index (Phi) is 1.93. The number of nitrogens with zero attached hydrogens (tertiary/aromatic N) is 3. The van der Waals surface area contributed by atoms with Crippen LogP contribution in [0.15, 0.2) is 4.52 Å². The summed E-state index contributed by atoms with van der Waals surface area (Å²) in [7, 11) is 0. The first-order valence-electron chi connectivity index (χ1n) is 4.37. The summed E-state index contributed by atoms with van der Waals surface area (Å²) in [5, 5.41) is 7.70. The molecule has 0 saturated heterocycles. The smallest absolute Gasteiger partial charge is 0.346 e. The predicted molar refractivity (Wildman–Crippen MR) is 41.0 cm³/mol. The molecule has 1 saturated carbocycles. The van der Waals surface area contributed by atoms with E-state index in [9.17, 15) is 0 Å². The maximum atomic E-state index is 5.32. The van der Waals surface area contributed by atoms with Crippen LogP contribution in [0.5, 0.6) is 0 Å². The van der Waals surface area contributed by atoms with Gasteiger partial charge in [0.2, 0.25) is 11.3 Å². The van der Waals surface area contributed by atoms with E-state index in [1.165, 1.54) is 19.3 Å². The van der Waals surface area contributed by atoms with Crippen molar-refractivity contribution < 1.29 is 9.32 Å². The highest BCUT2D eigenvalue weighted by Crippen LogP contribution is 2.22. The van der Waals surface area contributed by atoms with Gasteiger partial charge in [0.25, 0.3) is 0 Å². The zero-order chi connectivity index (χ0) is 8.39. The molecule has 0 spiro atoms. The Hall–Kier alpha value is -1.13. The van der Waals surface area contributed by atoms with Crippen LogP contribution in [0.2, 0.25) is 0 Å². The molecule has 0 bridgehead atoms. The van der Waals surface area contributed by atoms with Gasteiger partial charge in [-0.1, -0.05) is 6.42 Å². The Morgan fingerprint density at radius 3 is 2.67 bits per heavy atom. The molecular formula is C7H13N4O+. The highest BCUT2D eigenvalue weighted by Gasteiger charge is 2.27. The van der Waals surface area contributed by atoms with E-state index in [1.807, 2.05) is 0 Å². The third-order valence-corrected chi connectivity index (χ3v) is 2.32. The molecule has 0 aliphatic heterocycles. The minimum atomic E-state index is 0.153. The van der Waals surface area contributed by atoms with Gasteiger partial charge >= 0.3 is 6.01 Å². The van der Waals surface area contributed by atoms with Crippen molar-refractivity contribution in [2.75, 3.05) is 5.73 Å². The van der Waals surface area contributed by atoms with Crippen molar-refractivity contribution in [1.82, 2.24) is 10.4 Å². The van der Waals surface area contributed by atoms with Gasteiger partial charge in [-0.25, -0.2) is 0 Å². The Morgan fingerprint density at radius 2 is 2.08 bits per heavy atom. The highest BCUT2D eigenvalue weighted by atomic mass is 16.5. The van der Waals surface area contributed by atoms with Gasteiger partial charge in [0, 0.05) is 12.8 Å². The van der Waals surface area contributed by atoms with Crippen LogP contribution in [-0.4, -0.2) is 10.4 Å². The molecule has 5 heteroatoms. The SMILES string of the molecule is Nc1n[n+](C2CCCCC2)no1. The van der Waals surface area contributed by atoms with Crippen molar-refractivity contribution in [3.8, 4) is 0 Å². The fourth-order valence-corrected chi connectivity index (χ4v) is 1.68. The second-order valence-corrected chi connectivity index (χ2v) is 3.22. The standard InChI is InChI=1S/C7H13N4O/c8-7-9-11(10-12-7)6-4-2-1-3-5-6/h6H,1-5H2,(H2,8,9,10)/q+1. The van der Waals surface area contributed by atoms with E-state index in [1.54, 1.807) is 4.80 Å². The van der Waals surface area contributed by atoms with Crippen LogP contribution in [0.4, 0.5) is 6.01 Å². The van der Waals surface area contributed by atoms with Gasteiger partial charge in [0.05, 0.1) is 9.90 Å². The molecule has 0 radical (unpaired) electrons. The zero-order valence-electron chi connectivity index (χ0n) is 6.94. The fraction of sp³-hybridized carbons (Fsp3) is 0.857. The number of anilines is 1. The Bertz CT molecular complexity index is 254. The van der Waals surface area contributed by atoms with Gasteiger partial charge in [0.1, 0.15) is 0 Å². The Balaban J connectivity index is 2.08. The molecule has 66 valence electrons. The van der Waals surface area contributed by atoms with E-state index >= 15 is 0 Å². The summed E-state index contributed by atoms with van der Waals surface area (Å²) in [6.45, 7) is 0. The van der Waals surface area contributed by atoms with Crippen LogP contribution < -0.4 is 10.5 Å². The topological polar surface area (TPSA) is 68.8 Å². The molecule has 1 aromatic heterocycles.